The number of rotatable bonds is 52. The van der Waals surface area contributed by atoms with Crippen LogP contribution < -0.4 is 0 Å². The smallest absolute Gasteiger partial charge is 0.306 e. The second kappa shape index (κ2) is 58.6. The van der Waals surface area contributed by atoms with Crippen LogP contribution >= 0.6 is 0 Å². The average molecular weight is 986 g/mol. The van der Waals surface area contributed by atoms with E-state index in [1.54, 1.807) is 0 Å². The highest BCUT2D eigenvalue weighted by molar-refractivity contribution is 5.71. The fraction of sp³-hybridized carbons (Fsp3) is 0.677. The summed E-state index contributed by atoms with van der Waals surface area (Å²) in [4.78, 5) is 38.2. The van der Waals surface area contributed by atoms with Gasteiger partial charge in [0.1, 0.15) is 13.2 Å². The molecule has 0 radical (unpaired) electrons. The van der Waals surface area contributed by atoms with Crippen LogP contribution in [0.15, 0.2) is 109 Å². The van der Waals surface area contributed by atoms with Crippen molar-refractivity contribution >= 4 is 17.9 Å². The molecule has 1 atom stereocenters. The Balaban J connectivity index is 4.50. The number of carbonyl (C=O) groups excluding carboxylic acids is 3. The molecule has 0 amide bonds. The van der Waals surface area contributed by atoms with Gasteiger partial charge in [0, 0.05) is 19.3 Å². The maximum absolute atomic E-state index is 12.9. The molecule has 0 bridgehead atoms. The number of allylic oxidation sites excluding steroid dienone is 18. The van der Waals surface area contributed by atoms with E-state index in [0.29, 0.717) is 19.3 Å². The van der Waals surface area contributed by atoms with Gasteiger partial charge in [0.05, 0.1) is 0 Å². The Bertz CT molecular complexity index is 1460. The maximum Gasteiger partial charge on any atom is 0.306 e. The highest BCUT2D eigenvalue weighted by Gasteiger charge is 2.19. The third kappa shape index (κ3) is 56.9. The summed E-state index contributed by atoms with van der Waals surface area (Å²) in [5.74, 6) is -0.949. The molecule has 0 spiro atoms. The molecule has 404 valence electrons. The van der Waals surface area contributed by atoms with Gasteiger partial charge in [-0.15, -0.1) is 0 Å². The normalized spacial score (nSPS) is 12.9. The van der Waals surface area contributed by atoms with Gasteiger partial charge in [-0.3, -0.25) is 14.4 Å². The minimum absolute atomic E-state index is 0.0979. The first-order valence-electron chi connectivity index (χ1n) is 29.5. The topological polar surface area (TPSA) is 78.9 Å². The van der Waals surface area contributed by atoms with Crippen molar-refractivity contribution in [1.29, 1.82) is 0 Å². The van der Waals surface area contributed by atoms with Crippen molar-refractivity contribution in [2.45, 2.75) is 271 Å². The molecule has 6 heteroatoms. The van der Waals surface area contributed by atoms with Gasteiger partial charge in [-0.25, -0.2) is 0 Å². The second-order valence-corrected chi connectivity index (χ2v) is 19.3. The van der Waals surface area contributed by atoms with Gasteiger partial charge in [0.15, 0.2) is 6.10 Å². The van der Waals surface area contributed by atoms with Crippen LogP contribution in [0, 0.1) is 0 Å². The third-order valence-corrected chi connectivity index (χ3v) is 12.4. The summed E-state index contributed by atoms with van der Waals surface area (Å²) < 4.78 is 16.8. The standard InChI is InChI=1S/C65H108O6/c1-4-7-10-13-16-19-22-25-28-31-32-35-37-40-43-46-49-52-55-58-64(67)70-61-62(71-65(68)59-56-53-50-47-44-41-38-34-30-27-24-21-18-15-12-9-6-3)60-69-63(66)57-54-51-48-45-42-39-36-33-29-26-23-20-17-14-11-8-5-2/h7,10,13,16,19,22,25-32,35,37,40,43,62H,4-6,8-9,11-12,14-15,17-18,20-21,23-24,33-34,36,38-39,41-42,44-61H2,1-3H3/b10-7-,16-13-,22-19-,28-25-,29-26-,30-27-,32-31+,37-35-,43-40-. The van der Waals surface area contributed by atoms with Crippen molar-refractivity contribution < 1.29 is 28.6 Å². The molecule has 71 heavy (non-hydrogen) atoms. The lowest BCUT2D eigenvalue weighted by Crippen LogP contribution is -2.30. The lowest BCUT2D eigenvalue weighted by molar-refractivity contribution is -0.167. The summed E-state index contributed by atoms with van der Waals surface area (Å²) in [6.45, 7) is 6.45. The lowest BCUT2D eigenvalue weighted by Gasteiger charge is -2.18. The Morgan fingerprint density at radius 2 is 0.563 bits per heavy atom. The van der Waals surface area contributed by atoms with Crippen molar-refractivity contribution in [2.24, 2.45) is 0 Å². The van der Waals surface area contributed by atoms with E-state index in [-0.39, 0.29) is 31.1 Å². The first kappa shape index (κ1) is 67.1. The number of ether oxygens (including phenoxy) is 3. The van der Waals surface area contributed by atoms with E-state index in [1.807, 2.05) is 72.9 Å². The second-order valence-electron chi connectivity index (χ2n) is 19.3. The number of esters is 3. The van der Waals surface area contributed by atoms with E-state index < -0.39 is 6.10 Å². The molecular weight excluding hydrogens is 877 g/mol. The van der Waals surface area contributed by atoms with E-state index >= 15 is 0 Å². The summed E-state index contributed by atoms with van der Waals surface area (Å²) >= 11 is 0. The number of hydrogen-bond donors (Lipinski definition) is 0. The van der Waals surface area contributed by atoms with E-state index in [2.05, 4.69) is 57.2 Å². The predicted molar refractivity (Wildman–Crippen MR) is 307 cm³/mol. The zero-order valence-corrected chi connectivity index (χ0v) is 46.2. The summed E-state index contributed by atoms with van der Waals surface area (Å²) in [5.41, 5.74) is 0. The predicted octanol–water partition coefficient (Wildman–Crippen LogP) is 19.9. The zero-order valence-electron chi connectivity index (χ0n) is 46.2. The number of carbonyl (C=O) groups is 3. The molecule has 0 N–H and O–H groups in total. The maximum atomic E-state index is 12.9. The molecule has 1 unspecified atom stereocenters. The number of unbranched alkanes of at least 4 members (excludes halogenated alkanes) is 29. The van der Waals surface area contributed by atoms with Gasteiger partial charge in [0.25, 0.3) is 0 Å². The lowest BCUT2D eigenvalue weighted by atomic mass is 10.1. The van der Waals surface area contributed by atoms with Crippen LogP contribution in [0.3, 0.4) is 0 Å². The van der Waals surface area contributed by atoms with Crippen molar-refractivity contribution in [1.82, 2.24) is 0 Å². The molecule has 0 saturated heterocycles. The Hall–Kier alpha value is -3.93. The van der Waals surface area contributed by atoms with Crippen molar-refractivity contribution in [2.75, 3.05) is 13.2 Å². The molecule has 0 aromatic carbocycles. The van der Waals surface area contributed by atoms with Gasteiger partial charge < -0.3 is 14.2 Å². The molecule has 0 aromatic rings. The number of hydrogen-bond acceptors (Lipinski definition) is 6. The van der Waals surface area contributed by atoms with Crippen LogP contribution in [0.5, 0.6) is 0 Å². The van der Waals surface area contributed by atoms with Crippen LogP contribution in [0.2, 0.25) is 0 Å². The SMILES string of the molecule is CC\C=C/C=C\C=C/C=C\C=C\C=C/C=C\CCCCCC(=O)OCC(COC(=O)CCCCCCCCC/C=C\CCCCCCCC)OC(=O)CCCCCCCCC/C=C\CCCCCCCC. The summed E-state index contributed by atoms with van der Waals surface area (Å²) in [6, 6.07) is 0. The minimum Gasteiger partial charge on any atom is -0.462 e. The van der Waals surface area contributed by atoms with Crippen molar-refractivity contribution in [3.8, 4) is 0 Å². The van der Waals surface area contributed by atoms with Crippen LogP contribution in [0.1, 0.15) is 265 Å². The van der Waals surface area contributed by atoms with Crippen LogP contribution in [0.25, 0.3) is 0 Å². The summed E-state index contributed by atoms with van der Waals surface area (Å²) in [5, 5.41) is 0. The van der Waals surface area contributed by atoms with Gasteiger partial charge in [-0.05, 0) is 89.9 Å². The fourth-order valence-corrected chi connectivity index (χ4v) is 8.00. The molecule has 0 aliphatic carbocycles. The van der Waals surface area contributed by atoms with Gasteiger partial charge in [0.2, 0.25) is 0 Å². The summed E-state index contributed by atoms with van der Waals surface area (Å²) in [6.07, 6.45) is 79.3. The molecule has 0 saturated carbocycles. The van der Waals surface area contributed by atoms with Crippen molar-refractivity contribution in [3.05, 3.63) is 109 Å². The summed E-state index contributed by atoms with van der Waals surface area (Å²) in [7, 11) is 0. The monoisotopic (exact) mass is 985 g/mol. The molecule has 6 nitrogen and oxygen atoms in total. The molecule has 0 heterocycles. The Labute approximate surface area is 438 Å². The van der Waals surface area contributed by atoms with Crippen molar-refractivity contribution in [3.63, 3.8) is 0 Å². The van der Waals surface area contributed by atoms with Gasteiger partial charge in [-0.2, -0.15) is 0 Å². The molecular formula is C65H108O6. The van der Waals surface area contributed by atoms with E-state index in [0.717, 1.165) is 70.6 Å². The first-order chi connectivity index (χ1) is 35.0. The molecule has 0 aliphatic rings. The Kier molecular flexibility index (Phi) is 55.4. The highest BCUT2D eigenvalue weighted by atomic mass is 16.6. The van der Waals surface area contributed by atoms with Crippen LogP contribution in [-0.2, 0) is 28.6 Å². The third-order valence-electron chi connectivity index (χ3n) is 12.4. The highest BCUT2D eigenvalue weighted by Crippen LogP contribution is 2.15. The van der Waals surface area contributed by atoms with Crippen LogP contribution in [0.4, 0.5) is 0 Å². The zero-order chi connectivity index (χ0) is 51.4. The molecule has 0 aromatic heterocycles. The van der Waals surface area contributed by atoms with E-state index in [4.69, 9.17) is 14.2 Å². The quantitative estimate of drug-likeness (QED) is 0.0199. The van der Waals surface area contributed by atoms with E-state index in [1.165, 1.54) is 154 Å². The minimum atomic E-state index is -0.804. The average Bonchev–Trinajstić information content (AvgIpc) is 3.37. The molecule has 0 fully saturated rings. The first-order valence-corrected chi connectivity index (χ1v) is 29.5. The largest absolute Gasteiger partial charge is 0.462 e. The fourth-order valence-electron chi connectivity index (χ4n) is 8.00. The van der Waals surface area contributed by atoms with Gasteiger partial charge >= 0.3 is 17.9 Å². The van der Waals surface area contributed by atoms with E-state index in [9.17, 15) is 14.4 Å². The van der Waals surface area contributed by atoms with Crippen LogP contribution in [-0.4, -0.2) is 37.2 Å². The van der Waals surface area contributed by atoms with Gasteiger partial charge in [-0.1, -0.05) is 265 Å². The molecule has 0 aliphatic heterocycles. The molecule has 0 rings (SSSR count). The Morgan fingerprint density at radius 1 is 0.296 bits per heavy atom. The Morgan fingerprint density at radius 3 is 0.915 bits per heavy atom.